The summed E-state index contributed by atoms with van der Waals surface area (Å²) in [6.45, 7) is 1.60. The summed E-state index contributed by atoms with van der Waals surface area (Å²) in [5.41, 5.74) is 4.97. The maximum absolute atomic E-state index is 11.8. The van der Waals surface area contributed by atoms with Crippen LogP contribution in [0.2, 0.25) is 0 Å². The van der Waals surface area contributed by atoms with Crippen molar-refractivity contribution in [2.45, 2.75) is 19.3 Å². The number of hydrogen-bond donors (Lipinski definition) is 3. The van der Waals surface area contributed by atoms with Gasteiger partial charge in [-0.15, -0.1) is 0 Å². The number of nitrogens with one attached hydrogen (secondary N) is 3. The van der Waals surface area contributed by atoms with Crippen molar-refractivity contribution in [2.75, 3.05) is 37.5 Å². The van der Waals surface area contributed by atoms with Gasteiger partial charge in [0.25, 0.3) is 0 Å². The summed E-state index contributed by atoms with van der Waals surface area (Å²) in [5, 5.41) is 2.47. The van der Waals surface area contributed by atoms with Gasteiger partial charge in [0.2, 0.25) is 0 Å². The Kier molecular flexibility index (Phi) is 7.53. The van der Waals surface area contributed by atoms with Gasteiger partial charge >= 0.3 is 17.8 Å². The monoisotopic (exact) mass is 376 g/mol. The van der Waals surface area contributed by atoms with Crippen LogP contribution in [0.4, 0.5) is 11.5 Å². The number of hydrazine groups is 1. The van der Waals surface area contributed by atoms with Crippen LogP contribution in [-0.4, -0.2) is 56.4 Å². The maximum Gasteiger partial charge on any atom is 0.327 e. The Balaban J connectivity index is 1.82. The molecule has 0 spiro atoms. The number of amides is 2. The lowest BCUT2D eigenvalue weighted by molar-refractivity contribution is -0.141. The van der Waals surface area contributed by atoms with Crippen LogP contribution in [0.1, 0.15) is 19.3 Å². The minimum absolute atomic E-state index is 0.173. The average molecular weight is 376 g/mol. The van der Waals surface area contributed by atoms with Crippen molar-refractivity contribution >= 4 is 35.6 Å². The first-order valence-corrected chi connectivity index (χ1v) is 8.58. The summed E-state index contributed by atoms with van der Waals surface area (Å²) in [6, 6.07) is 3.48. The summed E-state index contributed by atoms with van der Waals surface area (Å²) in [7, 11) is 2.93. The van der Waals surface area contributed by atoms with E-state index >= 15 is 0 Å². The van der Waals surface area contributed by atoms with Crippen LogP contribution < -0.4 is 21.1 Å². The van der Waals surface area contributed by atoms with Gasteiger partial charge in [0.05, 0.1) is 19.0 Å². The average Bonchev–Trinajstić information content (AvgIpc) is 2.69. The number of rotatable bonds is 6. The standard InChI is InChI=1S/C17H24N6O4/c1-18-11-20-22-17(26)16(25)21-13-3-4-14(19-10-13)23-7-5-12(6-8-23)9-15(24)27-2/h3-4,10-12H,5-9H2,1-2H3,(H,18,20)(H,21,25)(H,22,26). The first-order valence-electron chi connectivity index (χ1n) is 8.58. The summed E-state index contributed by atoms with van der Waals surface area (Å²) < 4.78 is 4.72. The second-order valence-electron chi connectivity index (χ2n) is 6.06. The van der Waals surface area contributed by atoms with Gasteiger partial charge in [-0.2, -0.15) is 0 Å². The van der Waals surface area contributed by atoms with Crippen molar-refractivity contribution in [3.63, 3.8) is 0 Å². The molecule has 0 aromatic carbocycles. The fraction of sp³-hybridized carbons (Fsp3) is 0.471. The lowest BCUT2D eigenvalue weighted by Gasteiger charge is -2.32. The SMILES string of the molecule is CN=CNNC(=O)C(=O)Nc1ccc(N2CCC(CC(=O)OC)CC2)nc1. The minimum Gasteiger partial charge on any atom is -0.469 e. The zero-order chi connectivity index (χ0) is 19.6. The van der Waals surface area contributed by atoms with Gasteiger partial charge in [-0.1, -0.05) is 0 Å². The van der Waals surface area contributed by atoms with Crippen molar-refractivity contribution in [3.8, 4) is 0 Å². The number of carbonyl (C=O) groups is 3. The van der Waals surface area contributed by atoms with Gasteiger partial charge in [-0.3, -0.25) is 30.2 Å². The molecule has 0 atom stereocenters. The predicted molar refractivity (Wildman–Crippen MR) is 100 cm³/mol. The number of piperidine rings is 1. The molecule has 2 amide bonds. The van der Waals surface area contributed by atoms with E-state index in [1.165, 1.54) is 26.7 Å². The van der Waals surface area contributed by atoms with E-state index in [9.17, 15) is 14.4 Å². The van der Waals surface area contributed by atoms with Crippen LogP contribution in [0.5, 0.6) is 0 Å². The van der Waals surface area contributed by atoms with E-state index in [0.717, 1.165) is 31.7 Å². The molecular weight excluding hydrogens is 352 g/mol. The molecule has 0 bridgehead atoms. The van der Waals surface area contributed by atoms with Crippen LogP contribution in [-0.2, 0) is 19.1 Å². The molecular formula is C17H24N6O4. The summed E-state index contributed by atoms with van der Waals surface area (Å²) in [5.74, 6) is -0.711. The fourth-order valence-corrected chi connectivity index (χ4v) is 2.74. The Hall–Kier alpha value is -3.17. The van der Waals surface area contributed by atoms with E-state index in [1.807, 2.05) is 0 Å². The highest BCUT2D eigenvalue weighted by molar-refractivity contribution is 6.39. The second kappa shape index (κ2) is 10.1. The molecule has 2 rings (SSSR count). The van der Waals surface area contributed by atoms with Crippen molar-refractivity contribution in [2.24, 2.45) is 10.9 Å². The molecule has 0 unspecified atom stereocenters. The first kappa shape index (κ1) is 20.1. The van der Waals surface area contributed by atoms with Gasteiger partial charge in [-0.05, 0) is 30.9 Å². The van der Waals surface area contributed by atoms with E-state index in [4.69, 9.17) is 4.74 Å². The molecule has 0 saturated carbocycles. The number of methoxy groups -OCH3 is 1. The largest absolute Gasteiger partial charge is 0.469 e. The molecule has 1 aromatic rings. The van der Waals surface area contributed by atoms with E-state index in [0.29, 0.717) is 18.0 Å². The molecule has 146 valence electrons. The molecule has 3 N–H and O–H groups in total. The quantitative estimate of drug-likeness (QED) is 0.211. The van der Waals surface area contributed by atoms with Gasteiger partial charge in [-0.25, -0.2) is 4.98 Å². The number of esters is 1. The van der Waals surface area contributed by atoms with E-state index < -0.39 is 11.8 Å². The number of ether oxygens (including phenoxy) is 1. The normalized spacial score (nSPS) is 14.7. The van der Waals surface area contributed by atoms with Crippen LogP contribution in [0.3, 0.4) is 0 Å². The molecule has 1 saturated heterocycles. The number of pyridine rings is 1. The van der Waals surface area contributed by atoms with Gasteiger partial charge in [0, 0.05) is 26.6 Å². The lowest BCUT2D eigenvalue weighted by Crippen LogP contribution is -2.43. The van der Waals surface area contributed by atoms with Crippen molar-refractivity contribution in [3.05, 3.63) is 18.3 Å². The highest BCUT2D eigenvalue weighted by atomic mass is 16.5. The Morgan fingerprint density at radius 2 is 2.04 bits per heavy atom. The number of carbonyl (C=O) groups excluding carboxylic acids is 3. The third-order valence-corrected chi connectivity index (χ3v) is 4.21. The molecule has 1 aliphatic heterocycles. The molecule has 10 heteroatoms. The molecule has 0 aliphatic carbocycles. The summed E-state index contributed by atoms with van der Waals surface area (Å²) >= 11 is 0. The molecule has 27 heavy (non-hydrogen) atoms. The Morgan fingerprint density at radius 1 is 1.30 bits per heavy atom. The molecule has 2 heterocycles. The van der Waals surface area contributed by atoms with E-state index in [-0.39, 0.29) is 5.97 Å². The lowest BCUT2D eigenvalue weighted by atomic mass is 9.93. The number of hydrogen-bond acceptors (Lipinski definition) is 7. The van der Waals surface area contributed by atoms with Gasteiger partial charge < -0.3 is 15.0 Å². The molecule has 1 aromatic heterocycles. The zero-order valence-electron chi connectivity index (χ0n) is 15.4. The molecule has 1 aliphatic rings. The molecule has 1 fully saturated rings. The van der Waals surface area contributed by atoms with E-state index in [1.54, 1.807) is 12.1 Å². The smallest absolute Gasteiger partial charge is 0.327 e. The Labute approximate surface area is 157 Å². The highest BCUT2D eigenvalue weighted by Crippen LogP contribution is 2.24. The maximum atomic E-state index is 11.8. The van der Waals surface area contributed by atoms with Crippen LogP contribution in [0.25, 0.3) is 0 Å². The number of anilines is 2. The summed E-state index contributed by atoms with van der Waals surface area (Å²) in [4.78, 5) is 44.7. The first-order chi connectivity index (χ1) is 13.0. The van der Waals surface area contributed by atoms with Crippen LogP contribution in [0.15, 0.2) is 23.3 Å². The number of aliphatic imine (C=N–C) groups is 1. The zero-order valence-corrected chi connectivity index (χ0v) is 15.4. The fourth-order valence-electron chi connectivity index (χ4n) is 2.74. The predicted octanol–water partition coefficient (Wildman–Crippen LogP) is 0.0785. The topological polar surface area (TPSA) is 125 Å². The van der Waals surface area contributed by atoms with Crippen LogP contribution >= 0.6 is 0 Å². The molecule has 10 nitrogen and oxygen atoms in total. The molecule has 0 radical (unpaired) electrons. The van der Waals surface area contributed by atoms with Crippen LogP contribution in [0, 0.1) is 5.92 Å². The van der Waals surface area contributed by atoms with Gasteiger partial charge in [0.1, 0.15) is 12.2 Å². The van der Waals surface area contributed by atoms with E-state index in [2.05, 4.69) is 31.0 Å². The third-order valence-electron chi connectivity index (χ3n) is 4.21. The highest BCUT2D eigenvalue weighted by Gasteiger charge is 2.22. The summed E-state index contributed by atoms with van der Waals surface area (Å²) in [6.07, 6.45) is 4.98. The Morgan fingerprint density at radius 3 is 2.63 bits per heavy atom. The van der Waals surface area contributed by atoms with Crippen molar-refractivity contribution < 1.29 is 19.1 Å². The van der Waals surface area contributed by atoms with Crippen molar-refractivity contribution in [1.29, 1.82) is 0 Å². The number of aromatic nitrogens is 1. The number of nitrogens with zero attached hydrogens (tertiary/aromatic N) is 3. The Bertz CT molecular complexity index is 683. The third kappa shape index (κ3) is 6.24. The van der Waals surface area contributed by atoms with Crippen molar-refractivity contribution in [1.82, 2.24) is 15.8 Å². The second-order valence-corrected chi connectivity index (χ2v) is 6.06. The minimum atomic E-state index is -0.841. The van der Waals surface area contributed by atoms with Gasteiger partial charge in [0.15, 0.2) is 0 Å².